The average molecular weight is 326 g/mol. The number of ketones is 1. The van der Waals surface area contributed by atoms with E-state index in [4.69, 9.17) is 16.3 Å². The number of benzene rings is 1. The molecule has 0 radical (unpaired) electrons. The standard InChI is InChI=1S/C17H24ClNO3/c1-2-3-12-22-13-4-11-19-17(21)10-9-16(20)14-5-7-15(18)8-6-14/h5-8H,2-4,9-13H2,1H3,(H,19,21). The van der Waals surface area contributed by atoms with Crippen molar-refractivity contribution in [3.05, 3.63) is 34.9 Å². The normalized spacial score (nSPS) is 10.5. The Hall–Kier alpha value is -1.39. The second kappa shape index (κ2) is 11.2. The van der Waals surface area contributed by atoms with Gasteiger partial charge in [0.2, 0.25) is 5.91 Å². The molecule has 0 saturated heterocycles. The zero-order chi connectivity index (χ0) is 16.2. The van der Waals surface area contributed by atoms with E-state index in [0.29, 0.717) is 23.7 Å². The maximum absolute atomic E-state index is 11.9. The lowest BCUT2D eigenvalue weighted by Gasteiger charge is -2.06. The van der Waals surface area contributed by atoms with Gasteiger partial charge in [-0.15, -0.1) is 0 Å². The molecule has 1 amide bonds. The molecule has 0 aliphatic carbocycles. The smallest absolute Gasteiger partial charge is 0.220 e. The van der Waals surface area contributed by atoms with E-state index in [0.717, 1.165) is 25.9 Å². The molecule has 0 spiro atoms. The molecule has 1 N–H and O–H groups in total. The third-order valence-electron chi connectivity index (χ3n) is 3.18. The van der Waals surface area contributed by atoms with Gasteiger partial charge < -0.3 is 10.1 Å². The summed E-state index contributed by atoms with van der Waals surface area (Å²) in [4.78, 5) is 23.5. The third-order valence-corrected chi connectivity index (χ3v) is 3.43. The molecule has 0 aromatic heterocycles. The fourth-order valence-corrected chi connectivity index (χ4v) is 1.97. The molecular weight excluding hydrogens is 302 g/mol. The summed E-state index contributed by atoms with van der Waals surface area (Å²) < 4.78 is 5.41. The number of unbranched alkanes of at least 4 members (excludes halogenated alkanes) is 1. The third kappa shape index (κ3) is 8.15. The molecule has 1 aromatic rings. The summed E-state index contributed by atoms with van der Waals surface area (Å²) in [7, 11) is 0. The highest BCUT2D eigenvalue weighted by atomic mass is 35.5. The molecule has 1 aromatic carbocycles. The van der Waals surface area contributed by atoms with Gasteiger partial charge in [0.15, 0.2) is 5.78 Å². The molecule has 0 bridgehead atoms. The predicted octanol–water partition coefficient (Wildman–Crippen LogP) is 3.63. The highest BCUT2D eigenvalue weighted by Crippen LogP contribution is 2.11. The summed E-state index contributed by atoms with van der Waals surface area (Å²) in [5.41, 5.74) is 0.585. The summed E-state index contributed by atoms with van der Waals surface area (Å²) in [6.45, 7) is 4.14. The molecule has 5 heteroatoms. The SMILES string of the molecule is CCCCOCCCNC(=O)CCC(=O)c1ccc(Cl)cc1. The molecule has 0 heterocycles. The maximum Gasteiger partial charge on any atom is 0.220 e. The van der Waals surface area contributed by atoms with Gasteiger partial charge in [0.05, 0.1) is 0 Å². The van der Waals surface area contributed by atoms with Crippen molar-refractivity contribution in [3.8, 4) is 0 Å². The zero-order valence-electron chi connectivity index (χ0n) is 13.1. The minimum atomic E-state index is -0.101. The van der Waals surface area contributed by atoms with Crippen molar-refractivity contribution in [2.24, 2.45) is 0 Å². The zero-order valence-corrected chi connectivity index (χ0v) is 13.8. The quantitative estimate of drug-likeness (QED) is 0.499. The number of ether oxygens (including phenoxy) is 1. The molecule has 0 unspecified atom stereocenters. The first-order chi connectivity index (χ1) is 10.6. The van der Waals surface area contributed by atoms with E-state index in [9.17, 15) is 9.59 Å². The van der Waals surface area contributed by atoms with Crippen molar-refractivity contribution in [1.82, 2.24) is 5.32 Å². The van der Waals surface area contributed by atoms with Crippen LogP contribution >= 0.6 is 11.6 Å². The van der Waals surface area contributed by atoms with E-state index in [-0.39, 0.29) is 24.5 Å². The van der Waals surface area contributed by atoms with Crippen molar-refractivity contribution in [2.75, 3.05) is 19.8 Å². The van der Waals surface area contributed by atoms with Gasteiger partial charge in [-0.1, -0.05) is 24.9 Å². The van der Waals surface area contributed by atoms with Gasteiger partial charge in [0.1, 0.15) is 0 Å². The van der Waals surface area contributed by atoms with Crippen molar-refractivity contribution < 1.29 is 14.3 Å². The van der Waals surface area contributed by atoms with Crippen molar-refractivity contribution in [1.29, 1.82) is 0 Å². The first-order valence-corrected chi connectivity index (χ1v) is 8.14. The van der Waals surface area contributed by atoms with E-state index < -0.39 is 0 Å². The maximum atomic E-state index is 11.9. The number of carbonyl (C=O) groups excluding carboxylic acids is 2. The Morgan fingerprint density at radius 2 is 1.77 bits per heavy atom. The monoisotopic (exact) mass is 325 g/mol. The Labute approximate surface area is 137 Å². The van der Waals surface area contributed by atoms with Gasteiger partial charge in [-0.05, 0) is 37.1 Å². The van der Waals surface area contributed by atoms with Crippen molar-refractivity contribution >= 4 is 23.3 Å². The highest BCUT2D eigenvalue weighted by molar-refractivity contribution is 6.30. The number of rotatable bonds is 11. The number of nitrogens with one attached hydrogen (secondary N) is 1. The Bertz CT molecular complexity index is 459. The van der Waals surface area contributed by atoms with Crippen LogP contribution in [0.5, 0.6) is 0 Å². The molecule has 0 aliphatic heterocycles. The van der Waals surface area contributed by atoms with E-state index in [1.165, 1.54) is 0 Å². The van der Waals surface area contributed by atoms with Crippen molar-refractivity contribution in [2.45, 2.75) is 39.0 Å². The van der Waals surface area contributed by atoms with Crippen LogP contribution in [0.25, 0.3) is 0 Å². The van der Waals surface area contributed by atoms with E-state index in [2.05, 4.69) is 12.2 Å². The molecule has 122 valence electrons. The second-order valence-electron chi connectivity index (χ2n) is 5.10. The molecule has 0 aliphatic rings. The number of carbonyl (C=O) groups is 2. The number of hydrogen-bond acceptors (Lipinski definition) is 3. The average Bonchev–Trinajstić information content (AvgIpc) is 2.52. The largest absolute Gasteiger partial charge is 0.381 e. The summed E-state index contributed by atoms with van der Waals surface area (Å²) in [6.07, 6.45) is 3.40. The van der Waals surface area contributed by atoms with Gasteiger partial charge in [-0.25, -0.2) is 0 Å². The Balaban J connectivity index is 2.10. The van der Waals surface area contributed by atoms with Crippen LogP contribution < -0.4 is 5.32 Å². The summed E-state index contributed by atoms with van der Waals surface area (Å²) >= 11 is 5.77. The first-order valence-electron chi connectivity index (χ1n) is 7.76. The van der Waals surface area contributed by atoms with Crippen LogP contribution in [0.1, 0.15) is 49.4 Å². The topological polar surface area (TPSA) is 55.4 Å². The minimum absolute atomic E-state index is 0.0466. The van der Waals surface area contributed by atoms with Crippen molar-refractivity contribution in [3.63, 3.8) is 0 Å². The highest BCUT2D eigenvalue weighted by Gasteiger charge is 2.08. The number of hydrogen-bond donors (Lipinski definition) is 1. The van der Waals surface area contributed by atoms with Gasteiger partial charge >= 0.3 is 0 Å². The summed E-state index contributed by atoms with van der Waals surface area (Å²) in [5, 5.41) is 3.39. The van der Waals surface area contributed by atoms with E-state index in [1.54, 1.807) is 24.3 Å². The van der Waals surface area contributed by atoms with Gasteiger partial charge in [0.25, 0.3) is 0 Å². The predicted molar refractivity (Wildman–Crippen MR) is 88.4 cm³/mol. The molecule has 0 fully saturated rings. The van der Waals surface area contributed by atoms with Gasteiger partial charge in [-0.3, -0.25) is 9.59 Å². The van der Waals surface area contributed by atoms with E-state index >= 15 is 0 Å². The lowest BCUT2D eigenvalue weighted by molar-refractivity contribution is -0.121. The number of amides is 1. The van der Waals surface area contributed by atoms with Crippen LogP contribution in [0.4, 0.5) is 0 Å². The summed E-state index contributed by atoms with van der Waals surface area (Å²) in [5.74, 6) is -0.148. The van der Waals surface area contributed by atoms with Crippen LogP contribution in [0, 0.1) is 0 Å². The van der Waals surface area contributed by atoms with Crippen LogP contribution in [-0.2, 0) is 9.53 Å². The molecule has 1 rings (SSSR count). The fourth-order valence-electron chi connectivity index (χ4n) is 1.85. The Morgan fingerprint density at radius 3 is 2.45 bits per heavy atom. The van der Waals surface area contributed by atoms with Crippen LogP contribution in [-0.4, -0.2) is 31.4 Å². The molecule has 0 saturated carbocycles. The second-order valence-corrected chi connectivity index (χ2v) is 5.54. The Kier molecular flexibility index (Phi) is 9.51. The Morgan fingerprint density at radius 1 is 1.09 bits per heavy atom. The summed E-state index contributed by atoms with van der Waals surface area (Å²) in [6, 6.07) is 6.70. The van der Waals surface area contributed by atoms with Crippen LogP contribution in [0.2, 0.25) is 5.02 Å². The lowest BCUT2D eigenvalue weighted by atomic mass is 10.1. The molecule has 4 nitrogen and oxygen atoms in total. The lowest BCUT2D eigenvalue weighted by Crippen LogP contribution is -2.25. The molecule has 22 heavy (non-hydrogen) atoms. The van der Waals surface area contributed by atoms with Gasteiger partial charge in [0, 0.05) is 43.2 Å². The van der Waals surface area contributed by atoms with E-state index in [1.807, 2.05) is 0 Å². The molecule has 0 atom stereocenters. The number of halogens is 1. The fraction of sp³-hybridized carbons (Fsp3) is 0.529. The first kappa shape index (κ1) is 18.7. The minimum Gasteiger partial charge on any atom is -0.381 e. The number of Topliss-reactive ketones (excluding diaryl/α,β-unsaturated/α-hetero) is 1. The van der Waals surface area contributed by atoms with Crippen LogP contribution in [0.15, 0.2) is 24.3 Å². The molecular formula is C17H24ClNO3. The van der Waals surface area contributed by atoms with Crippen LogP contribution in [0.3, 0.4) is 0 Å². The van der Waals surface area contributed by atoms with Gasteiger partial charge in [-0.2, -0.15) is 0 Å².